The minimum absolute atomic E-state index is 0.00554. The smallest absolute Gasteiger partial charge is 0.303 e. The first-order chi connectivity index (χ1) is 13.1. The molecule has 5 heteroatoms. The number of fused-ring (bicyclic) bond motifs is 4. The van der Waals surface area contributed by atoms with Gasteiger partial charge in [-0.3, -0.25) is 9.59 Å². The van der Waals surface area contributed by atoms with Gasteiger partial charge in [0.25, 0.3) is 0 Å². The number of ketones is 1. The van der Waals surface area contributed by atoms with Gasteiger partial charge in [0, 0.05) is 24.2 Å². The molecule has 0 aromatic rings. The van der Waals surface area contributed by atoms with Gasteiger partial charge >= 0.3 is 5.97 Å². The summed E-state index contributed by atoms with van der Waals surface area (Å²) in [5.41, 5.74) is -1.25. The van der Waals surface area contributed by atoms with E-state index in [9.17, 15) is 14.7 Å². The van der Waals surface area contributed by atoms with Crippen molar-refractivity contribution in [3.8, 4) is 0 Å². The Bertz CT molecular complexity index is 735. The number of Topliss-reactive ketones (excluding diaryl/α,β-unsaturated/α-hetero) is 1. The quantitative estimate of drug-likeness (QED) is 0.578. The molecule has 1 aliphatic heterocycles. The van der Waals surface area contributed by atoms with Crippen molar-refractivity contribution in [3.63, 3.8) is 0 Å². The lowest BCUT2D eigenvalue weighted by molar-refractivity contribution is -0.190. The van der Waals surface area contributed by atoms with E-state index in [4.69, 9.17) is 9.47 Å². The first-order valence-electron chi connectivity index (χ1n) is 11.2. The predicted octanol–water partition coefficient (Wildman–Crippen LogP) is 3.41. The molecular formula is C23H34O5. The van der Waals surface area contributed by atoms with Crippen LogP contribution < -0.4 is 0 Å². The molecular weight excluding hydrogens is 356 g/mol. The number of esters is 1. The Hall–Kier alpha value is -0.940. The number of aliphatic hydroxyl groups excluding tert-OH is 1. The number of aliphatic hydroxyl groups is 1. The maximum atomic E-state index is 12.8. The molecule has 5 rings (SSSR count). The van der Waals surface area contributed by atoms with Gasteiger partial charge in [0.15, 0.2) is 11.4 Å². The van der Waals surface area contributed by atoms with Crippen molar-refractivity contribution >= 4 is 11.8 Å². The lowest BCUT2D eigenvalue weighted by Gasteiger charge is -2.60. The van der Waals surface area contributed by atoms with Crippen LogP contribution in [0.3, 0.4) is 0 Å². The van der Waals surface area contributed by atoms with Crippen LogP contribution in [0.25, 0.3) is 0 Å². The first kappa shape index (κ1) is 19.0. The normalized spacial score (nSPS) is 56.7. The molecule has 0 amide bonds. The topological polar surface area (TPSA) is 76.1 Å². The van der Waals surface area contributed by atoms with Crippen LogP contribution in [0, 0.1) is 28.6 Å². The van der Waals surface area contributed by atoms with Gasteiger partial charge in [-0.2, -0.15) is 0 Å². The Morgan fingerprint density at radius 1 is 1.00 bits per heavy atom. The fourth-order valence-corrected chi connectivity index (χ4v) is 8.72. The summed E-state index contributed by atoms with van der Waals surface area (Å²) < 4.78 is 12.2. The molecule has 1 saturated heterocycles. The summed E-state index contributed by atoms with van der Waals surface area (Å²) in [5, 5.41) is 10.3. The van der Waals surface area contributed by atoms with E-state index in [1.165, 1.54) is 6.92 Å². The van der Waals surface area contributed by atoms with Crippen molar-refractivity contribution < 1.29 is 24.2 Å². The molecule has 5 fully saturated rings. The molecule has 5 aliphatic rings. The highest BCUT2D eigenvalue weighted by atomic mass is 16.6. The van der Waals surface area contributed by atoms with Gasteiger partial charge in [0.2, 0.25) is 0 Å². The fourth-order valence-electron chi connectivity index (χ4n) is 8.72. The number of rotatable bonds is 2. The SMILES string of the molecule is CC(=O)O[C@]1(C(C)=O)CC[C@@H]2[C@@H]3C[C@@H]4O[C@@]45C[C@H](O)CC[C@]5(C)[C@@H]3CC[C@@]21C. The van der Waals surface area contributed by atoms with E-state index >= 15 is 0 Å². The summed E-state index contributed by atoms with van der Waals surface area (Å²) in [5.74, 6) is 1.13. The van der Waals surface area contributed by atoms with Gasteiger partial charge in [0.1, 0.15) is 5.60 Å². The molecule has 0 aromatic heterocycles. The van der Waals surface area contributed by atoms with E-state index in [0.717, 1.165) is 44.9 Å². The standard InChI is InChI=1S/C23H34O5/c1-13(24)22(27-14(2)25)10-7-18-16-11-19-23(28-19)12-15(26)5-8-21(23,4)17(16)6-9-20(18,22)3/h15-19,26H,5-12H2,1-4H3/t15-,16-,17-,18-,19+,20+,21-,22+,23+/m1/s1. The zero-order valence-electron chi connectivity index (χ0n) is 17.6. The lowest BCUT2D eigenvalue weighted by Crippen LogP contribution is -2.61. The monoisotopic (exact) mass is 390 g/mol. The molecule has 4 aliphatic carbocycles. The van der Waals surface area contributed by atoms with Crippen LogP contribution in [-0.4, -0.2) is 40.3 Å². The summed E-state index contributed by atoms with van der Waals surface area (Å²) in [6, 6.07) is 0. The van der Waals surface area contributed by atoms with Gasteiger partial charge < -0.3 is 14.6 Å². The first-order valence-corrected chi connectivity index (χ1v) is 11.2. The molecule has 28 heavy (non-hydrogen) atoms. The van der Waals surface area contributed by atoms with Crippen molar-refractivity contribution in [2.24, 2.45) is 28.6 Å². The number of hydrogen-bond acceptors (Lipinski definition) is 5. The second-order valence-corrected chi connectivity index (χ2v) is 10.9. The molecule has 1 heterocycles. The maximum absolute atomic E-state index is 12.8. The highest BCUT2D eigenvalue weighted by Crippen LogP contribution is 2.74. The predicted molar refractivity (Wildman–Crippen MR) is 102 cm³/mol. The van der Waals surface area contributed by atoms with Crippen molar-refractivity contribution in [3.05, 3.63) is 0 Å². The van der Waals surface area contributed by atoms with Gasteiger partial charge in [-0.25, -0.2) is 0 Å². The Labute approximate surface area is 167 Å². The van der Waals surface area contributed by atoms with Crippen molar-refractivity contribution in [2.75, 3.05) is 0 Å². The van der Waals surface area contributed by atoms with Crippen LogP contribution in [0.1, 0.15) is 79.1 Å². The zero-order valence-corrected chi connectivity index (χ0v) is 17.6. The van der Waals surface area contributed by atoms with Gasteiger partial charge in [-0.1, -0.05) is 13.8 Å². The van der Waals surface area contributed by atoms with E-state index in [-0.39, 0.29) is 40.4 Å². The minimum atomic E-state index is -0.961. The van der Waals surface area contributed by atoms with Gasteiger partial charge in [-0.15, -0.1) is 0 Å². The number of epoxide rings is 1. The van der Waals surface area contributed by atoms with E-state index in [0.29, 0.717) is 24.2 Å². The molecule has 4 saturated carbocycles. The van der Waals surface area contributed by atoms with Crippen molar-refractivity contribution in [1.82, 2.24) is 0 Å². The molecule has 156 valence electrons. The second-order valence-electron chi connectivity index (χ2n) is 10.9. The minimum Gasteiger partial charge on any atom is -0.451 e. The lowest BCUT2D eigenvalue weighted by atomic mass is 9.44. The Morgan fingerprint density at radius 3 is 2.32 bits per heavy atom. The zero-order chi connectivity index (χ0) is 20.1. The third-order valence-corrected chi connectivity index (χ3v) is 10.1. The summed E-state index contributed by atoms with van der Waals surface area (Å²) in [7, 11) is 0. The number of ether oxygens (including phenoxy) is 2. The van der Waals surface area contributed by atoms with E-state index < -0.39 is 5.60 Å². The Morgan fingerprint density at radius 2 is 1.64 bits per heavy atom. The van der Waals surface area contributed by atoms with Crippen LogP contribution in [0.15, 0.2) is 0 Å². The number of carbonyl (C=O) groups excluding carboxylic acids is 2. The van der Waals surface area contributed by atoms with E-state index in [1.54, 1.807) is 6.92 Å². The molecule has 1 N–H and O–H groups in total. The molecule has 0 unspecified atom stereocenters. The largest absolute Gasteiger partial charge is 0.451 e. The molecule has 0 bridgehead atoms. The van der Waals surface area contributed by atoms with E-state index in [1.807, 2.05) is 0 Å². The van der Waals surface area contributed by atoms with E-state index in [2.05, 4.69) is 13.8 Å². The molecule has 0 aromatic carbocycles. The van der Waals surface area contributed by atoms with Crippen LogP contribution in [-0.2, 0) is 19.1 Å². The highest BCUT2D eigenvalue weighted by Gasteiger charge is 2.77. The van der Waals surface area contributed by atoms with Gasteiger partial charge in [-0.05, 0) is 69.6 Å². The highest BCUT2D eigenvalue weighted by molar-refractivity contribution is 5.89. The summed E-state index contributed by atoms with van der Waals surface area (Å²) in [6.45, 7) is 7.63. The summed E-state index contributed by atoms with van der Waals surface area (Å²) in [4.78, 5) is 24.7. The van der Waals surface area contributed by atoms with Crippen LogP contribution in [0.4, 0.5) is 0 Å². The average Bonchev–Trinajstić information content (AvgIpc) is 3.21. The Kier molecular flexibility index (Phi) is 3.81. The van der Waals surface area contributed by atoms with Crippen LogP contribution in [0.5, 0.6) is 0 Å². The second kappa shape index (κ2) is 5.60. The number of hydrogen-bond donors (Lipinski definition) is 1. The van der Waals surface area contributed by atoms with Crippen molar-refractivity contribution in [2.45, 2.75) is 102 Å². The summed E-state index contributed by atoms with van der Waals surface area (Å²) in [6.07, 6.45) is 7.29. The molecule has 0 radical (unpaired) electrons. The third kappa shape index (κ3) is 2.05. The summed E-state index contributed by atoms with van der Waals surface area (Å²) >= 11 is 0. The van der Waals surface area contributed by atoms with Crippen molar-refractivity contribution in [1.29, 1.82) is 0 Å². The average molecular weight is 391 g/mol. The Balaban J connectivity index is 1.51. The maximum Gasteiger partial charge on any atom is 0.303 e. The number of carbonyl (C=O) groups is 2. The molecule has 5 nitrogen and oxygen atoms in total. The van der Waals surface area contributed by atoms with Crippen LogP contribution >= 0.6 is 0 Å². The van der Waals surface area contributed by atoms with Gasteiger partial charge in [0.05, 0.1) is 12.2 Å². The van der Waals surface area contributed by atoms with Crippen LogP contribution in [0.2, 0.25) is 0 Å². The molecule has 1 spiro atoms. The molecule has 9 atom stereocenters. The third-order valence-electron chi connectivity index (χ3n) is 10.1. The fraction of sp³-hybridized carbons (Fsp3) is 0.913.